The van der Waals surface area contributed by atoms with Crippen molar-refractivity contribution in [3.05, 3.63) is 48.5 Å². The van der Waals surface area contributed by atoms with E-state index in [9.17, 15) is 4.79 Å². The van der Waals surface area contributed by atoms with Crippen LogP contribution in [0.3, 0.4) is 0 Å². The number of halogens is 2. The molecule has 0 saturated heterocycles. The molecule has 0 aliphatic heterocycles. The van der Waals surface area contributed by atoms with E-state index in [0.29, 0.717) is 4.88 Å². The van der Waals surface area contributed by atoms with Crippen LogP contribution in [0.1, 0.15) is 20.8 Å². The Bertz CT molecular complexity index is 588. The maximum Gasteiger partial charge on any atom is 0.265 e. The molecule has 94 valence electrons. The first-order chi connectivity index (χ1) is 8.47. The number of benzene rings is 1. The Hall–Kier alpha value is -0.650. The number of aryl methyl sites for hydroxylation is 2. The van der Waals surface area contributed by atoms with Crippen molar-refractivity contribution < 1.29 is 4.79 Å². The Kier molecular flexibility index (Phi) is 4.25. The molecule has 0 aliphatic rings. The second-order valence-corrected chi connectivity index (χ2v) is 7.21. The fourth-order valence-corrected chi connectivity index (χ4v) is 3.24. The Morgan fingerprint density at radius 2 is 1.89 bits per heavy atom. The van der Waals surface area contributed by atoms with E-state index in [1.54, 1.807) is 0 Å². The lowest BCUT2D eigenvalue weighted by molar-refractivity contribution is 0.103. The molecule has 0 radical (unpaired) electrons. The van der Waals surface area contributed by atoms with E-state index in [2.05, 4.69) is 37.2 Å². The highest BCUT2D eigenvalue weighted by Gasteiger charge is 2.11. The molecule has 0 atom stereocenters. The van der Waals surface area contributed by atoms with Crippen LogP contribution in [0, 0.1) is 13.8 Å². The summed E-state index contributed by atoms with van der Waals surface area (Å²) in [7, 11) is 0. The highest BCUT2D eigenvalue weighted by molar-refractivity contribution is 9.11. The van der Waals surface area contributed by atoms with Gasteiger partial charge in [-0.25, -0.2) is 0 Å². The van der Waals surface area contributed by atoms with Gasteiger partial charge in [0.25, 0.3) is 5.91 Å². The van der Waals surface area contributed by atoms with E-state index in [4.69, 9.17) is 0 Å². The topological polar surface area (TPSA) is 29.1 Å². The Morgan fingerprint density at radius 1 is 1.17 bits per heavy atom. The number of anilines is 1. The van der Waals surface area contributed by atoms with E-state index in [1.165, 1.54) is 11.3 Å². The van der Waals surface area contributed by atoms with Gasteiger partial charge in [-0.1, -0.05) is 22.0 Å². The van der Waals surface area contributed by atoms with Crippen LogP contribution < -0.4 is 5.32 Å². The highest BCUT2D eigenvalue weighted by Crippen LogP contribution is 2.28. The van der Waals surface area contributed by atoms with Gasteiger partial charge in [-0.3, -0.25) is 4.79 Å². The van der Waals surface area contributed by atoms with Crippen LogP contribution >= 0.6 is 43.2 Å². The molecular formula is C13H11Br2NOS. The molecule has 0 saturated carbocycles. The number of thiophene rings is 1. The number of amides is 1. The zero-order valence-electron chi connectivity index (χ0n) is 9.88. The maximum absolute atomic E-state index is 12.0. The third kappa shape index (κ3) is 3.02. The molecule has 0 unspecified atom stereocenters. The van der Waals surface area contributed by atoms with Crippen LogP contribution in [0.25, 0.3) is 0 Å². The van der Waals surface area contributed by atoms with Crippen molar-refractivity contribution in [1.29, 1.82) is 0 Å². The van der Waals surface area contributed by atoms with E-state index in [0.717, 1.165) is 25.1 Å². The fraction of sp³-hybridized carbons (Fsp3) is 0.154. The van der Waals surface area contributed by atoms with Crippen LogP contribution in [0.15, 0.2) is 32.5 Å². The van der Waals surface area contributed by atoms with Gasteiger partial charge in [0, 0.05) is 10.2 Å². The largest absolute Gasteiger partial charge is 0.321 e. The summed E-state index contributed by atoms with van der Waals surface area (Å²) in [4.78, 5) is 12.7. The monoisotopic (exact) mass is 387 g/mol. The van der Waals surface area contributed by atoms with E-state index in [1.807, 2.05) is 38.1 Å². The lowest BCUT2D eigenvalue weighted by Crippen LogP contribution is -2.10. The summed E-state index contributed by atoms with van der Waals surface area (Å²) in [6, 6.07) is 7.65. The summed E-state index contributed by atoms with van der Waals surface area (Å²) < 4.78 is 1.99. The first kappa shape index (κ1) is 13.8. The maximum atomic E-state index is 12.0. The Morgan fingerprint density at radius 3 is 2.44 bits per heavy atom. The zero-order chi connectivity index (χ0) is 13.3. The minimum atomic E-state index is -0.0791. The zero-order valence-corrected chi connectivity index (χ0v) is 13.9. The van der Waals surface area contributed by atoms with Gasteiger partial charge in [0.15, 0.2) is 0 Å². The van der Waals surface area contributed by atoms with Crippen molar-refractivity contribution in [2.24, 2.45) is 0 Å². The number of rotatable bonds is 2. The predicted molar refractivity (Wildman–Crippen MR) is 83.6 cm³/mol. The molecule has 1 N–H and O–H groups in total. The summed E-state index contributed by atoms with van der Waals surface area (Å²) in [5, 5.41) is 2.89. The smallest absolute Gasteiger partial charge is 0.265 e. The van der Waals surface area contributed by atoms with Gasteiger partial charge in [-0.05, 0) is 59.1 Å². The van der Waals surface area contributed by atoms with Crippen molar-refractivity contribution in [2.45, 2.75) is 13.8 Å². The van der Waals surface area contributed by atoms with Crippen LogP contribution in [0.4, 0.5) is 5.69 Å². The highest BCUT2D eigenvalue weighted by atomic mass is 79.9. The van der Waals surface area contributed by atoms with E-state index < -0.39 is 0 Å². The van der Waals surface area contributed by atoms with Crippen molar-refractivity contribution in [3.8, 4) is 0 Å². The number of carbonyl (C=O) groups excluding carboxylic acids is 1. The molecule has 2 aromatic rings. The molecule has 1 aromatic heterocycles. The minimum Gasteiger partial charge on any atom is -0.321 e. The van der Waals surface area contributed by atoms with Gasteiger partial charge in [0.1, 0.15) is 0 Å². The van der Waals surface area contributed by atoms with Crippen molar-refractivity contribution in [1.82, 2.24) is 0 Å². The molecule has 2 nitrogen and oxygen atoms in total. The second-order valence-electron chi connectivity index (χ2n) is 3.99. The summed E-state index contributed by atoms with van der Waals surface area (Å²) in [5.41, 5.74) is 3.01. The molecule has 0 spiro atoms. The summed E-state index contributed by atoms with van der Waals surface area (Å²) in [5.74, 6) is -0.0791. The molecule has 1 aromatic carbocycles. The van der Waals surface area contributed by atoms with E-state index >= 15 is 0 Å². The van der Waals surface area contributed by atoms with Crippen molar-refractivity contribution >= 4 is 54.8 Å². The average molecular weight is 389 g/mol. The van der Waals surface area contributed by atoms with Crippen LogP contribution in [0.2, 0.25) is 0 Å². The SMILES string of the molecule is Cc1ccc(NC(=O)c2cc(C)c(Br)s2)cc1Br. The standard InChI is InChI=1S/C13H11Br2NOS/c1-7-3-4-9(6-10(7)14)16-13(17)11-5-8(2)12(15)18-11/h3-6H,1-2H3,(H,16,17). The number of nitrogens with one attached hydrogen (secondary N) is 1. The number of hydrogen-bond donors (Lipinski definition) is 1. The van der Waals surface area contributed by atoms with Gasteiger partial charge < -0.3 is 5.32 Å². The molecule has 1 heterocycles. The van der Waals surface area contributed by atoms with Gasteiger partial charge in [-0.15, -0.1) is 11.3 Å². The first-order valence-corrected chi connectivity index (χ1v) is 7.71. The van der Waals surface area contributed by atoms with Crippen LogP contribution in [0.5, 0.6) is 0 Å². The van der Waals surface area contributed by atoms with Gasteiger partial charge in [0.2, 0.25) is 0 Å². The quantitative estimate of drug-likeness (QED) is 0.757. The second kappa shape index (κ2) is 5.55. The molecule has 5 heteroatoms. The minimum absolute atomic E-state index is 0.0791. The molecular weight excluding hydrogens is 378 g/mol. The molecule has 0 fully saturated rings. The number of carbonyl (C=O) groups is 1. The molecule has 2 rings (SSSR count). The average Bonchev–Trinajstić information content (AvgIpc) is 2.65. The summed E-state index contributed by atoms with van der Waals surface area (Å²) >= 11 is 8.32. The lowest BCUT2D eigenvalue weighted by Gasteiger charge is -2.05. The van der Waals surface area contributed by atoms with E-state index in [-0.39, 0.29) is 5.91 Å². The molecule has 0 aliphatic carbocycles. The van der Waals surface area contributed by atoms with Gasteiger partial charge >= 0.3 is 0 Å². The molecule has 1 amide bonds. The number of hydrogen-bond acceptors (Lipinski definition) is 2. The van der Waals surface area contributed by atoms with Crippen molar-refractivity contribution in [2.75, 3.05) is 5.32 Å². The van der Waals surface area contributed by atoms with Crippen LogP contribution in [-0.2, 0) is 0 Å². The fourth-order valence-electron chi connectivity index (χ4n) is 1.44. The molecule has 0 bridgehead atoms. The Labute approximate surface area is 127 Å². The third-order valence-electron chi connectivity index (χ3n) is 2.51. The Balaban J connectivity index is 2.18. The lowest BCUT2D eigenvalue weighted by atomic mass is 10.2. The van der Waals surface area contributed by atoms with Crippen molar-refractivity contribution in [3.63, 3.8) is 0 Å². The summed E-state index contributed by atoms with van der Waals surface area (Å²) in [6.45, 7) is 3.98. The molecule has 18 heavy (non-hydrogen) atoms. The van der Waals surface area contributed by atoms with Crippen LogP contribution in [-0.4, -0.2) is 5.91 Å². The third-order valence-corrected chi connectivity index (χ3v) is 5.50. The normalized spacial score (nSPS) is 10.4. The predicted octanol–water partition coefficient (Wildman–Crippen LogP) is 5.14. The van der Waals surface area contributed by atoms with Gasteiger partial charge in [0.05, 0.1) is 8.66 Å². The van der Waals surface area contributed by atoms with Gasteiger partial charge in [-0.2, -0.15) is 0 Å². The summed E-state index contributed by atoms with van der Waals surface area (Å²) in [6.07, 6.45) is 0. The first-order valence-electron chi connectivity index (χ1n) is 5.31.